The average Bonchev–Trinajstić information content (AvgIpc) is 2.48. The Bertz CT molecular complexity index is 744. The molecule has 0 spiro atoms. The molecular weight excluding hydrogens is 297 g/mol. The second-order valence-corrected chi connectivity index (χ2v) is 5.50. The van der Waals surface area contributed by atoms with Gasteiger partial charge < -0.3 is 10.6 Å². The lowest BCUT2D eigenvalue weighted by Crippen LogP contribution is -2.30. The smallest absolute Gasteiger partial charge is 0.257 e. The number of anilines is 1. The lowest BCUT2D eigenvalue weighted by molar-refractivity contribution is 0.0941. The molecule has 2 N–H and O–H groups in total. The molecule has 2 amide bonds. The minimum atomic E-state index is -0.585. The molecule has 5 nitrogen and oxygen atoms in total. The zero-order valence-electron chi connectivity index (χ0n) is 13.2. The maximum atomic E-state index is 13.1. The van der Waals surface area contributed by atoms with Gasteiger partial charge in [-0.2, -0.15) is 0 Å². The molecule has 0 fully saturated rings. The molecule has 0 radical (unpaired) electrons. The van der Waals surface area contributed by atoms with E-state index < -0.39 is 11.7 Å². The summed E-state index contributed by atoms with van der Waals surface area (Å²) in [5, 5.41) is 5.44. The molecule has 0 aliphatic carbocycles. The van der Waals surface area contributed by atoms with E-state index in [0.29, 0.717) is 11.3 Å². The quantitative estimate of drug-likeness (QED) is 0.911. The van der Waals surface area contributed by atoms with E-state index in [9.17, 15) is 14.0 Å². The first-order valence-corrected chi connectivity index (χ1v) is 7.20. The largest absolute Gasteiger partial charge is 0.350 e. The molecule has 0 atom stereocenters. The van der Waals surface area contributed by atoms with E-state index in [1.54, 1.807) is 18.2 Å². The average molecular weight is 315 g/mol. The summed E-state index contributed by atoms with van der Waals surface area (Å²) in [6.45, 7) is 5.56. The third kappa shape index (κ3) is 4.35. The van der Waals surface area contributed by atoms with Crippen molar-refractivity contribution in [1.29, 1.82) is 0 Å². The molecule has 6 heteroatoms. The minimum Gasteiger partial charge on any atom is -0.350 e. The first-order valence-electron chi connectivity index (χ1n) is 7.20. The molecular formula is C17H18FN3O2. The Balaban J connectivity index is 2.21. The predicted molar refractivity (Wildman–Crippen MR) is 85.9 cm³/mol. The van der Waals surface area contributed by atoms with Gasteiger partial charge in [0.05, 0.1) is 11.8 Å². The van der Waals surface area contributed by atoms with Gasteiger partial charge in [0, 0.05) is 23.5 Å². The van der Waals surface area contributed by atoms with Gasteiger partial charge in [0.2, 0.25) is 0 Å². The Labute approximate surface area is 133 Å². The number of benzene rings is 1. The molecule has 2 rings (SSSR count). The molecule has 23 heavy (non-hydrogen) atoms. The number of nitrogens with zero attached hydrogens (tertiary/aromatic N) is 1. The van der Waals surface area contributed by atoms with Crippen LogP contribution in [-0.2, 0) is 0 Å². The summed E-state index contributed by atoms with van der Waals surface area (Å²) in [6, 6.07) is 6.14. The number of hydrogen-bond acceptors (Lipinski definition) is 3. The second-order valence-electron chi connectivity index (χ2n) is 5.50. The maximum absolute atomic E-state index is 13.1. The van der Waals surface area contributed by atoms with Crippen LogP contribution in [0.2, 0.25) is 0 Å². The van der Waals surface area contributed by atoms with E-state index in [1.807, 2.05) is 20.8 Å². The van der Waals surface area contributed by atoms with Crippen LogP contribution in [0.5, 0.6) is 0 Å². The van der Waals surface area contributed by atoms with Crippen molar-refractivity contribution in [3.63, 3.8) is 0 Å². The summed E-state index contributed by atoms with van der Waals surface area (Å²) in [6.07, 6.45) is 2.30. The number of rotatable bonds is 4. The van der Waals surface area contributed by atoms with Gasteiger partial charge in [0.15, 0.2) is 0 Å². The Hall–Kier alpha value is -2.76. The van der Waals surface area contributed by atoms with Gasteiger partial charge in [-0.15, -0.1) is 0 Å². The van der Waals surface area contributed by atoms with Crippen LogP contribution in [0.1, 0.15) is 40.1 Å². The van der Waals surface area contributed by atoms with Crippen LogP contribution in [0, 0.1) is 12.7 Å². The van der Waals surface area contributed by atoms with Crippen LogP contribution < -0.4 is 10.6 Å². The van der Waals surface area contributed by atoms with E-state index in [1.165, 1.54) is 6.20 Å². The van der Waals surface area contributed by atoms with Crippen molar-refractivity contribution in [2.45, 2.75) is 26.8 Å². The lowest BCUT2D eigenvalue weighted by Gasteiger charge is -2.12. The highest BCUT2D eigenvalue weighted by Crippen LogP contribution is 2.16. The second kappa shape index (κ2) is 7.00. The van der Waals surface area contributed by atoms with Crippen LogP contribution in [0.4, 0.5) is 10.1 Å². The van der Waals surface area contributed by atoms with Crippen molar-refractivity contribution in [3.05, 3.63) is 59.2 Å². The van der Waals surface area contributed by atoms with Crippen molar-refractivity contribution in [3.8, 4) is 0 Å². The summed E-state index contributed by atoms with van der Waals surface area (Å²) in [4.78, 5) is 27.9. The zero-order valence-corrected chi connectivity index (χ0v) is 13.2. The van der Waals surface area contributed by atoms with Crippen molar-refractivity contribution >= 4 is 17.5 Å². The van der Waals surface area contributed by atoms with Gasteiger partial charge in [-0.1, -0.05) is 6.07 Å². The number of amides is 2. The highest BCUT2D eigenvalue weighted by atomic mass is 19.1. The lowest BCUT2D eigenvalue weighted by atomic mass is 10.1. The minimum absolute atomic E-state index is 0.0125. The molecule has 0 aliphatic rings. The Morgan fingerprint density at radius 3 is 2.52 bits per heavy atom. The molecule has 120 valence electrons. The fourth-order valence-electron chi connectivity index (χ4n) is 2.02. The first kappa shape index (κ1) is 16.6. The molecule has 0 bridgehead atoms. The molecule has 2 aromatic rings. The Morgan fingerprint density at radius 2 is 1.87 bits per heavy atom. The summed E-state index contributed by atoms with van der Waals surface area (Å²) >= 11 is 0. The third-order valence-electron chi connectivity index (χ3n) is 3.13. The van der Waals surface area contributed by atoms with Gasteiger partial charge >= 0.3 is 0 Å². The third-order valence-corrected chi connectivity index (χ3v) is 3.13. The van der Waals surface area contributed by atoms with Crippen molar-refractivity contribution < 1.29 is 14.0 Å². The van der Waals surface area contributed by atoms with Gasteiger partial charge in [-0.05, 0) is 44.5 Å². The van der Waals surface area contributed by atoms with E-state index >= 15 is 0 Å². The molecule has 0 aliphatic heterocycles. The molecule has 0 unspecified atom stereocenters. The number of aromatic nitrogens is 1. The maximum Gasteiger partial charge on any atom is 0.257 e. The number of carbonyl (C=O) groups is 2. The van der Waals surface area contributed by atoms with Gasteiger partial charge in [0.1, 0.15) is 5.82 Å². The molecule has 0 saturated heterocycles. The highest BCUT2D eigenvalue weighted by Gasteiger charge is 2.13. The SMILES string of the molecule is Cc1ccc(NC(=O)c2cncc(F)c2)cc1C(=O)NC(C)C. The van der Waals surface area contributed by atoms with E-state index in [4.69, 9.17) is 0 Å². The van der Waals surface area contributed by atoms with Crippen LogP contribution >= 0.6 is 0 Å². The normalized spacial score (nSPS) is 10.5. The van der Waals surface area contributed by atoms with Crippen molar-refractivity contribution in [1.82, 2.24) is 10.3 Å². The number of hydrogen-bond donors (Lipinski definition) is 2. The van der Waals surface area contributed by atoms with E-state index in [-0.39, 0.29) is 17.5 Å². The predicted octanol–water partition coefficient (Wildman–Crippen LogP) is 2.92. The fraction of sp³-hybridized carbons (Fsp3) is 0.235. The standard InChI is InChI=1S/C17H18FN3O2/c1-10(2)20-17(23)15-7-14(5-4-11(15)3)21-16(22)12-6-13(18)9-19-8-12/h4-10H,1-3H3,(H,20,23)(H,21,22). The summed E-state index contributed by atoms with van der Waals surface area (Å²) in [7, 11) is 0. The van der Waals surface area contributed by atoms with Crippen molar-refractivity contribution in [2.24, 2.45) is 0 Å². The topological polar surface area (TPSA) is 71.1 Å². The van der Waals surface area contributed by atoms with Gasteiger partial charge in [0.25, 0.3) is 11.8 Å². The number of pyridine rings is 1. The molecule has 0 saturated carbocycles. The zero-order chi connectivity index (χ0) is 17.0. The molecule has 1 heterocycles. The number of carbonyl (C=O) groups excluding carboxylic acids is 2. The number of nitrogens with one attached hydrogen (secondary N) is 2. The van der Waals surface area contributed by atoms with Crippen LogP contribution in [0.3, 0.4) is 0 Å². The number of halogens is 1. The Kier molecular flexibility index (Phi) is 5.05. The summed E-state index contributed by atoms with van der Waals surface area (Å²) in [5.74, 6) is -1.28. The van der Waals surface area contributed by atoms with Crippen LogP contribution in [0.25, 0.3) is 0 Å². The van der Waals surface area contributed by atoms with Crippen LogP contribution in [-0.4, -0.2) is 22.8 Å². The van der Waals surface area contributed by atoms with Crippen LogP contribution in [0.15, 0.2) is 36.7 Å². The Morgan fingerprint density at radius 1 is 1.13 bits per heavy atom. The number of aryl methyl sites for hydroxylation is 1. The fourth-order valence-corrected chi connectivity index (χ4v) is 2.02. The molecule has 1 aromatic carbocycles. The van der Waals surface area contributed by atoms with E-state index in [2.05, 4.69) is 15.6 Å². The van der Waals surface area contributed by atoms with Crippen molar-refractivity contribution in [2.75, 3.05) is 5.32 Å². The van der Waals surface area contributed by atoms with E-state index in [0.717, 1.165) is 17.8 Å². The first-order chi connectivity index (χ1) is 10.9. The van der Waals surface area contributed by atoms with Gasteiger partial charge in [-0.25, -0.2) is 4.39 Å². The van der Waals surface area contributed by atoms with Gasteiger partial charge in [-0.3, -0.25) is 14.6 Å². The monoisotopic (exact) mass is 315 g/mol. The highest BCUT2D eigenvalue weighted by molar-refractivity contribution is 6.05. The molecule has 1 aromatic heterocycles. The summed E-state index contributed by atoms with van der Waals surface area (Å²) < 4.78 is 13.1. The summed E-state index contributed by atoms with van der Waals surface area (Å²) in [5.41, 5.74) is 1.85.